The van der Waals surface area contributed by atoms with Gasteiger partial charge in [0.2, 0.25) is 11.8 Å². The van der Waals surface area contributed by atoms with Crippen LogP contribution in [0.15, 0.2) is 0 Å². The van der Waals surface area contributed by atoms with Crippen molar-refractivity contribution in [3.8, 4) is 0 Å². The van der Waals surface area contributed by atoms with E-state index < -0.39 is 153 Å². The Hall–Kier alpha value is -1.78. The van der Waals surface area contributed by atoms with Crippen LogP contribution in [0.2, 0.25) is 0 Å². The molecule has 304 valence electrons. The molecule has 15 N–H and O–H groups in total. The molecule has 0 radical (unpaired) electrons. The van der Waals surface area contributed by atoms with Gasteiger partial charge in [0.05, 0.1) is 44.2 Å². The summed E-state index contributed by atoms with van der Waals surface area (Å²) in [6.07, 6.45) is -25.0. The first kappa shape index (κ1) is 44.6. The Morgan fingerprint density at radius 2 is 1.40 bits per heavy atom. The molecule has 0 aromatic rings. The summed E-state index contributed by atoms with van der Waals surface area (Å²) in [5, 5.41) is 141. The van der Waals surface area contributed by atoms with Crippen molar-refractivity contribution in [2.24, 2.45) is 5.92 Å². The zero-order chi connectivity index (χ0) is 39.5. The third-order valence-electron chi connectivity index (χ3n) is 9.84. The zero-order valence-electron chi connectivity index (χ0n) is 29.0. The van der Waals surface area contributed by atoms with Gasteiger partial charge in [0.15, 0.2) is 24.5 Å². The van der Waals surface area contributed by atoms with Crippen LogP contribution in [0.5, 0.6) is 0 Å². The van der Waals surface area contributed by atoms with Crippen LogP contribution in [0.25, 0.3) is 0 Å². The van der Waals surface area contributed by atoms with Crippen LogP contribution < -0.4 is 10.6 Å². The van der Waals surface area contributed by atoms with Crippen molar-refractivity contribution in [3.63, 3.8) is 0 Å². The first-order valence-corrected chi connectivity index (χ1v) is 16.7. The molecule has 0 aromatic carbocycles. The van der Waals surface area contributed by atoms with Gasteiger partial charge in [-0.1, -0.05) is 0 Å². The van der Waals surface area contributed by atoms with Gasteiger partial charge < -0.3 is 101 Å². The van der Waals surface area contributed by atoms with Crippen molar-refractivity contribution >= 4 is 11.8 Å². The lowest BCUT2D eigenvalue weighted by atomic mass is 9.64. The molecule has 0 bridgehead atoms. The second kappa shape index (κ2) is 18.2. The van der Waals surface area contributed by atoms with E-state index in [1.807, 2.05) is 0 Å². The highest BCUT2D eigenvalue weighted by Crippen LogP contribution is 2.44. The van der Waals surface area contributed by atoms with Gasteiger partial charge in [0, 0.05) is 26.4 Å². The predicted octanol–water partition coefficient (Wildman–Crippen LogP) is -8.42. The van der Waals surface area contributed by atoms with Crippen molar-refractivity contribution in [1.82, 2.24) is 10.6 Å². The van der Waals surface area contributed by atoms with E-state index in [9.17, 15) is 70.9 Å². The molecule has 0 aromatic heterocycles. The first-order chi connectivity index (χ1) is 24.2. The standard InChI is InChI=1S/C30H54N2O20/c1-10-17(31-11(2)36)20(40)22(15(7-34)49-10)51-26-18(32-12(3)37)21(41)23(16(8-35)50-26)52-28(45)30(47)13(19(39)25(30)43)9-48-27(44)29(4,46)24(42)14(38)5-6-33/h10,13-28,33-35,38-47H,5-9H2,1-4H3,(H,31,36)(H,32,37)/t10-,13?,14+,15?,16?,17?,18?,19+,20?,21?,22+,23+,24?,25?,26-,27+,28-,29?,30?/m0/s1. The molecule has 0 spiro atoms. The second-order valence-corrected chi connectivity index (χ2v) is 13.6. The average Bonchev–Trinajstić information content (AvgIpc) is 3.08. The maximum absolute atomic E-state index is 12.2. The Bertz CT molecular complexity index is 1170. The maximum Gasteiger partial charge on any atom is 0.217 e. The molecular weight excluding hydrogens is 708 g/mol. The number of amides is 2. The van der Waals surface area contributed by atoms with Crippen LogP contribution in [0.4, 0.5) is 0 Å². The lowest BCUT2D eigenvalue weighted by Crippen LogP contribution is -2.77. The molecule has 3 aliphatic rings. The summed E-state index contributed by atoms with van der Waals surface area (Å²) in [6, 6.07) is -2.63. The smallest absolute Gasteiger partial charge is 0.217 e. The minimum atomic E-state index is -2.82. The van der Waals surface area contributed by atoms with Gasteiger partial charge in [-0.25, -0.2) is 0 Å². The Morgan fingerprint density at radius 1 is 0.865 bits per heavy atom. The van der Waals surface area contributed by atoms with Crippen molar-refractivity contribution in [3.05, 3.63) is 0 Å². The summed E-state index contributed by atoms with van der Waals surface area (Å²) in [5.74, 6) is -2.94. The number of carbonyl (C=O) groups is 2. The number of aliphatic hydroxyl groups excluding tert-OH is 11. The Labute approximate surface area is 298 Å². The number of aliphatic hydroxyl groups is 13. The van der Waals surface area contributed by atoms with E-state index >= 15 is 0 Å². The lowest BCUT2D eigenvalue weighted by molar-refractivity contribution is -0.383. The minimum Gasteiger partial charge on any atom is -0.396 e. The fraction of sp³-hybridized carbons (Fsp3) is 0.933. The number of hydrogen-bond acceptors (Lipinski definition) is 20. The van der Waals surface area contributed by atoms with E-state index in [0.29, 0.717) is 0 Å². The fourth-order valence-corrected chi connectivity index (χ4v) is 6.66. The summed E-state index contributed by atoms with van der Waals surface area (Å²) < 4.78 is 28.0. The summed E-state index contributed by atoms with van der Waals surface area (Å²) in [6.45, 7) is 1.56. The van der Waals surface area contributed by atoms with Gasteiger partial charge in [-0.2, -0.15) is 0 Å². The highest BCUT2D eigenvalue weighted by molar-refractivity contribution is 5.73. The topological polar surface area (TPSA) is 367 Å². The number of rotatable bonds is 17. The normalized spacial score (nSPS) is 41.5. The average molecular weight is 763 g/mol. The largest absolute Gasteiger partial charge is 0.396 e. The molecule has 2 heterocycles. The van der Waals surface area contributed by atoms with Crippen LogP contribution in [-0.4, -0.2) is 214 Å². The molecule has 19 atom stereocenters. The van der Waals surface area contributed by atoms with Gasteiger partial charge in [-0.3, -0.25) is 9.59 Å². The molecule has 1 saturated carbocycles. The molecule has 52 heavy (non-hydrogen) atoms. The van der Waals surface area contributed by atoms with Gasteiger partial charge in [-0.15, -0.1) is 0 Å². The Balaban J connectivity index is 1.80. The van der Waals surface area contributed by atoms with Crippen molar-refractivity contribution < 1.29 is 99.7 Å². The molecular formula is C30H54N2O20. The summed E-state index contributed by atoms with van der Waals surface area (Å²) in [7, 11) is 0. The van der Waals surface area contributed by atoms with Crippen molar-refractivity contribution in [2.45, 2.75) is 143 Å². The monoisotopic (exact) mass is 762 g/mol. The highest BCUT2D eigenvalue weighted by atomic mass is 16.7. The SMILES string of the molecule is CC(=O)NC1C(O)[C@H](O[C@H](O)C2(O)C(O)[C@H](O)C2CO[C@@H](O)C(C)(O)C(O)[C@H](O)CCO)C(CO)O[C@H]1O[C@@H]1C(CO)O[C@@H](C)C(NC(C)=O)C1O. The number of nitrogens with one attached hydrogen (secondary N) is 2. The summed E-state index contributed by atoms with van der Waals surface area (Å²) in [5.41, 5.74) is -5.38. The molecule has 1 aliphatic carbocycles. The van der Waals surface area contributed by atoms with Crippen LogP contribution in [-0.2, 0) is 33.3 Å². The van der Waals surface area contributed by atoms with Crippen molar-refractivity contribution in [2.75, 3.05) is 26.4 Å². The quantitative estimate of drug-likeness (QED) is 0.0612. The van der Waals surface area contributed by atoms with E-state index in [4.69, 9.17) is 28.8 Å². The summed E-state index contributed by atoms with van der Waals surface area (Å²) >= 11 is 0. The van der Waals surface area contributed by atoms with E-state index in [2.05, 4.69) is 10.6 Å². The molecule has 2 amide bonds. The second-order valence-electron chi connectivity index (χ2n) is 13.6. The van der Waals surface area contributed by atoms with Gasteiger partial charge in [0.1, 0.15) is 60.5 Å². The first-order valence-electron chi connectivity index (χ1n) is 16.7. The molecule has 3 fully saturated rings. The maximum atomic E-state index is 12.2. The molecule has 2 aliphatic heterocycles. The number of ether oxygens (including phenoxy) is 5. The molecule has 3 rings (SSSR count). The Kier molecular flexibility index (Phi) is 15.6. The number of hydrogen-bond donors (Lipinski definition) is 15. The van der Waals surface area contributed by atoms with Crippen LogP contribution in [0.3, 0.4) is 0 Å². The lowest BCUT2D eigenvalue weighted by Gasteiger charge is -2.56. The molecule has 22 nitrogen and oxygen atoms in total. The zero-order valence-corrected chi connectivity index (χ0v) is 29.0. The van der Waals surface area contributed by atoms with E-state index in [0.717, 1.165) is 13.8 Å². The Morgan fingerprint density at radius 3 is 1.94 bits per heavy atom. The molecule has 2 saturated heterocycles. The molecule has 22 heteroatoms. The van der Waals surface area contributed by atoms with E-state index in [-0.39, 0.29) is 6.42 Å². The highest BCUT2D eigenvalue weighted by Gasteiger charge is 2.66. The van der Waals surface area contributed by atoms with Gasteiger partial charge >= 0.3 is 0 Å². The van der Waals surface area contributed by atoms with Crippen LogP contribution >= 0.6 is 0 Å². The van der Waals surface area contributed by atoms with Gasteiger partial charge in [-0.05, 0) is 20.3 Å². The minimum absolute atomic E-state index is 0.374. The fourth-order valence-electron chi connectivity index (χ4n) is 6.66. The number of carbonyl (C=O) groups excluding carboxylic acids is 2. The van der Waals surface area contributed by atoms with Crippen molar-refractivity contribution in [1.29, 1.82) is 0 Å². The third kappa shape index (κ3) is 9.18. The predicted molar refractivity (Wildman–Crippen MR) is 167 cm³/mol. The summed E-state index contributed by atoms with van der Waals surface area (Å²) in [4.78, 5) is 24.0. The van der Waals surface area contributed by atoms with Gasteiger partial charge in [0.25, 0.3) is 0 Å². The van der Waals surface area contributed by atoms with Crippen LogP contribution in [0.1, 0.15) is 34.1 Å². The molecule has 11 unspecified atom stereocenters. The third-order valence-corrected chi connectivity index (χ3v) is 9.84. The van der Waals surface area contributed by atoms with E-state index in [1.165, 1.54) is 13.8 Å². The van der Waals surface area contributed by atoms with E-state index in [1.54, 1.807) is 0 Å². The van der Waals surface area contributed by atoms with Crippen LogP contribution in [0, 0.1) is 5.92 Å².